The van der Waals surface area contributed by atoms with Crippen molar-refractivity contribution in [2.75, 3.05) is 39.3 Å². The van der Waals surface area contributed by atoms with Gasteiger partial charge in [0.25, 0.3) is 0 Å². The van der Waals surface area contributed by atoms with Crippen LogP contribution in [0.4, 0.5) is 0 Å². The highest BCUT2D eigenvalue weighted by Crippen LogP contribution is 2.30. The number of ether oxygens (including phenoxy) is 5. The molecule has 6 N–H and O–H groups in total. The summed E-state index contributed by atoms with van der Waals surface area (Å²) in [6.07, 6.45) is -13.8. The summed E-state index contributed by atoms with van der Waals surface area (Å²) < 4.78 is 28.1. The Morgan fingerprint density at radius 3 is 2.35 bits per heavy atom. The molecule has 3 rings (SSSR count). The van der Waals surface area contributed by atoms with E-state index in [1.54, 1.807) is 11.8 Å². The molecule has 3 aliphatic rings. The Morgan fingerprint density at radius 1 is 0.961 bits per heavy atom. The van der Waals surface area contributed by atoms with Crippen molar-refractivity contribution >= 4 is 23.8 Å². The molecule has 0 bridgehead atoms. The number of hydroxylamine groups is 2. The number of nitrogens with zero attached hydrogens (tertiary/aromatic N) is 2. The van der Waals surface area contributed by atoms with E-state index in [1.165, 1.54) is 18.9 Å². The Bertz CT molecular complexity index is 1130. The van der Waals surface area contributed by atoms with Crippen molar-refractivity contribution in [3.05, 3.63) is 0 Å². The van der Waals surface area contributed by atoms with Crippen molar-refractivity contribution in [2.24, 2.45) is 5.92 Å². The van der Waals surface area contributed by atoms with E-state index in [0.717, 1.165) is 0 Å². The van der Waals surface area contributed by atoms with Crippen LogP contribution >= 0.6 is 0 Å². The summed E-state index contributed by atoms with van der Waals surface area (Å²) >= 11 is 0. The number of carbonyl (C=O) groups is 4. The van der Waals surface area contributed by atoms with E-state index in [-0.39, 0.29) is 44.4 Å². The minimum atomic E-state index is -1.84. The number of amides is 2. The molecule has 51 heavy (non-hydrogen) atoms. The van der Waals surface area contributed by atoms with Gasteiger partial charge in [-0.05, 0) is 39.0 Å². The highest BCUT2D eigenvalue weighted by Gasteiger charge is 2.51. The Hall–Kier alpha value is -2.52. The third kappa shape index (κ3) is 12.5. The number of hydrogen-bond donors (Lipinski definition) is 6. The number of esters is 2. The van der Waals surface area contributed by atoms with Gasteiger partial charge in [-0.15, -0.1) is 0 Å². The number of nitrogens with one attached hydrogen (secondary N) is 1. The molecule has 0 aromatic heterocycles. The molecule has 294 valence electrons. The van der Waals surface area contributed by atoms with Crippen molar-refractivity contribution in [3.8, 4) is 0 Å². The molecule has 3 fully saturated rings. The van der Waals surface area contributed by atoms with Gasteiger partial charge in [0.05, 0.1) is 12.6 Å². The van der Waals surface area contributed by atoms with Crippen LogP contribution < -0.4 is 5.32 Å². The van der Waals surface area contributed by atoms with Gasteiger partial charge in [-0.25, -0.2) is 0 Å². The van der Waals surface area contributed by atoms with Gasteiger partial charge in [-0.2, -0.15) is 5.06 Å². The monoisotopic (exact) mass is 735 g/mol. The van der Waals surface area contributed by atoms with Crippen molar-refractivity contribution in [2.45, 2.75) is 141 Å². The maximum absolute atomic E-state index is 13.1. The SMILES string of the molecule is CCCC(=O)OC[C@H]1O[C@@H](O[C@H]2[C@H](ON3CCC[C@@H](OC(C)=O)CN(C(=O)[C@@H](C)CC)CCCNC(=O)C3)O[C@@H](C)[C@H](O)[C@H]2O)[C@H](O)[C@@H](O)[C@@H]1O. The molecule has 3 aliphatic heterocycles. The predicted octanol–water partition coefficient (Wildman–Crippen LogP) is -1.67. The molecule has 3 saturated heterocycles. The van der Waals surface area contributed by atoms with Crippen LogP contribution in [0.25, 0.3) is 0 Å². The molecule has 0 spiro atoms. The standard InChI is InChI=1S/C33H57N3O15/c1-6-10-24(39)46-17-22-26(41)27(42)29(44)32(49-22)50-30-28(43)25(40)19(4)47-33(30)51-36-14-8-11-21(48-20(5)37)15-35(31(45)18(3)7-2)13-9-12-34-23(38)16-36/h18-19,21-22,25-30,32-33,40-44H,6-17H2,1-5H3,(H,34,38)/t18-,19-,21+,22+,25-,26+,27-,28+,29+,30+,32-,33-/m0/s1. The van der Waals surface area contributed by atoms with Crippen molar-refractivity contribution < 1.29 is 73.2 Å². The lowest BCUT2D eigenvalue weighted by atomic mass is 9.97. The fourth-order valence-electron chi connectivity index (χ4n) is 5.98. The van der Waals surface area contributed by atoms with E-state index in [9.17, 15) is 44.7 Å². The highest BCUT2D eigenvalue weighted by atomic mass is 16.8. The first kappa shape index (κ1) is 42.9. The summed E-state index contributed by atoms with van der Waals surface area (Å²) in [4.78, 5) is 57.8. The average Bonchev–Trinajstić information content (AvgIpc) is 3.09. The smallest absolute Gasteiger partial charge is 0.305 e. The largest absolute Gasteiger partial charge is 0.463 e. The zero-order chi connectivity index (χ0) is 37.8. The number of rotatable bonds is 11. The second kappa shape index (κ2) is 20.6. The maximum Gasteiger partial charge on any atom is 0.305 e. The summed E-state index contributed by atoms with van der Waals surface area (Å²) in [6.45, 7) is 8.37. The highest BCUT2D eigenvalue weighted by molar-refractivity contribution is 5.79. The maximum atomic E-state index is 13.1. The minimum Gasteiger partial charge on any atom is -0.463 e. The molecule has 0 aliphatic carbocycles. The van der Waals surface area contributed by atoms with Crippen molar-refractivity contribution in [1.82, 2.24) is 15.3 Å². The molecule has 0 aromatic carbocycles. The van der Waals surface area contributed by atoms with Crippen LogP contribution in [-0.4, -0.2) is 166 Å². The third-order valence-electron chi connectivity index (χ3n) is 9.14. The number of hydrogen-bond acceptors (Lipinski definition) is 16. The van der Waals surface area contributed by atoms with Crippen LogP contribution in [0.3, 0.4) is 0 Å². The second-order valence-electron chi connectivity index (χ2n) is 13.4. The van der Waals surface area contributed by atoms with E-state index in [2.05, 4.69) is 5.32 Å². The molecule has 0 radical (unpaired) electrons. The van der Waals surface area contributed by atoms with Gasteiger partial charge in [0, 0.05) is 38.9 Å². The molecule has 2 amide bonds. The summed E-state index contributed by atoms with van der Waals surface area (Å²) in [6, 6.07) is 0. The fraction of sp³-hybridized carbons (Fsp3) is 0.879. The van der Waals surface area contributed by atoms with Gasteiger partial charge >= 0.3 is 11.9 Å². The number of carbonyl (C=O) groups excluding carboxylic acids is 4. The Balaban J connectivity index is 1.79. The van der Waals surface area contributed by atoms with E-state index in [4.69, 9.17) is 28.5 Å². The molecule has 18 nitrogen and oxygen atoms in total. The molecule has 0 aromatic rings. The van der Waals surface area contributed by atoms with Crippen molar-refractivity contribution in [3.63, 3.8) is 0 Å². The lowest BCUT2D eigenvalue weighted by Gasteiger charge is -2.46. The lowest BCUT2D eigenvalue weighted by molar-refractivity contribution is -0.393. The van der Waals surface area contributed by atoms with Crippen LogP contribution in [0, 0.1) is 5.92 Å². The van der Waals surface area contributed by atoms with Crippen LogP contribution in [0.1, 0.15) is 73.1 Å². The van der Waals surface area contributed by atoms with Gasteiger partial charge in [0.15, 0.2) is 6.29 Å². The van der Waals surface area contributed by atoms with Crippen LogP contribution in [-0.2, 0) is 47.7 Å². The Kier molecular flexibility index (Phi) is 17.4. The van der Waals surface area contributed by atoms with E-state index < -0.39 is 92.0 Å². The van der Waals surface area contributed by atoms with Crippen molar-refractivity contribution in [1.29, 1.82) is 0 Å². The minimum absolute atomic E-state index is 0.0749. The average molecular weight is 736 g/mol. The Labute approximate surface area is 298 Å². The van der Waals surface area contributed by atoms with Crippen LogP contribution in [0.15, 0.2) is 0 Å². The Morgan fingerprint density at radius 2 is 1.69 bits per heavy atom. The van der Waals surface area contributed by atoms with Gasteiger partial charge in [-0.3, -0.25) is 24.0 Å². The normalized spacial score (nSPS) is 35.4. The van der Waals surface area contributed by atoms with Gasteiger partial charge < -0.3 is 59.4 Å². The van der Waals surface area contributed by atoms with E-state index in [1.807, 2.05) is 13.8 Å². The predicted molar refractivity (Wildman–Crippen MR) is 175 cm³/mol. The van der Waals surface area contributed by atoms with E-state index in [0.29, 0.717) is 38.6 Å². The van der Waals surface area contributed by atoms with Gasteiger partial charge in [-0.1, -0.05) is 20.8 Å². The summed E-state index contributed by atoms with van der Waals surface area (Å²) in [5.41, 5.74) is 0. The second-order valence-corrected chi connectivity index (χ2v) is 13.4. The molecule has 18 heteroatoms. The lowest BCUT2D eigenvalue weighted by Crippen LogP contribution is -2.64. The first-order valence-corrected chi connectivity index (χ1v) is 17.8. The topological polar surface area (TPSA) is 243 Å². The zero-order valence-corrected chi connectivity index (χ0v) is 30.1. The summed E-state index contributed by atoms with van der Waals surface area (Å²) in [7, 11) is 0. The van der Waals surface area contributed by atoms with Crippen LogP contribution in [0.2, 0.25) is 0 Å². The fourth-order valence-corrected chi connectivity index (χ4v) is 5.98. The molecule has 3 heterocycles. The molecule has 0 unspecified atom stereocenters. The van der Waals surface area contributed by atoms with Crippen LogP contribution in [0.5, 0.6) is 0 Å². The molecular formula is C33H57N3O15. The summed E-state index contributed by atoms with van der Waals surface area (Å²) in [5.74, 6) is -1.80. The van der Waals surface area contributed by atoms with E-state index >= 15 is 0 Å². The first-order valence-electron chi connectivity index (χ1n) is 17.8. The zero-order valence-electron chi connectivity index (χ0n) is 30.1. The summed E-state index contributed by atoms with van der Waals surface area (Å²) in [5, 5.41) is 57.6. The number of aliphatic hydroxyl groups is 5. The quantitative estimate of drug-likeness (QED) is 0.130. The molecule has 12 atom stereocenters. The molecule has 0 saturated carbocycles. The molecular weight excluding hydrogens is 678 g/mol. The van der Waals surface area contributed by atoms with Gasteiger partial charge in [0.1, 0.15) is 62.0 Å². The van der Waals surface area contributed by atoms with Gasteiger partial charge in [0.2, 0.25) is 18.1 Å². The third-order valence-corrected chi connectivity index (χ3v) is 9.14. The first-order chi connectivity index (χ1) is 24.2. The number of aliphatic hydroxyl groups excluding tert-OH is 5.